The average Bonchev–Trinajstić information content (AvgIpc) is 2.62. The van der Waals surface area contributed by atoms with E-state index in [0.717, 1.165) is 30.4 Å². The Morgan fingerprint density at radius 1 is 1.22 bits per heavy atom. The van der Waals surface area contributed by atoms with E-state index >= 15 is 0 Å². The van der Waals surface area contributed by atoms with Gasteiger partial charge >= 0.3 is 6.03 Å². The Kier molecular flexibility index (Phi) is 3.74. The minimum atomic E-state index is -0.707. The van der Waals surface area contributed by atoms with Crippen LogP contribution in [0.15, 0.2) is 24.3 Å². The number of carbonyl (C=O) groups excluding carboxylic acids is 2. The first kappa shape index (κ1) is 16.0. The first-order valence-electron chi connectivity index (χ1n) is 8.41. The standard InChI is InChI=1S/C19H26N2O2/c1-13-9-18(3,4)12-19(10-13)16(22)21(17(23)20-19)11-15-8-6-5-7-14(15)2/h5-8,13H,9-12H2,1-4H3,(H,20,23)/t13-,19-/m0/s1. The maximum Gasteiger partial charge on any atom is 0.325 e. The van der Waals surface area contributed by atoms with Crippen LogP contribution in [0.2, 0.25) is 0 Å². The smallest absolute Gasteiger partial charge is 0.323 e. The summed E-state index contributed by atoms with van der Waals surface area (Å²) in [5.74, 6) is 0.381. The minimum Gasteiger partial charge on any atom is -0.323 e. The molecule has 3 amide bonds. The highest BCUT2D eigenvalue weighted by molar-refractivity contribution is 6.07. The van der Waals surface area contributed by atoms with E-state index in [1.165, 1.54) is 4.90 Å². The molecule has 1 saturated heterocycles. The monoisotopic (exact) mass is 314 g/mol. The van der Waals surface area contributed by atoms with E-state index in [0.29, 0.717) is 12.5 Å². The lowest BCUT2D eigenvalue weighted by Gasteiger charge is -2.43. The van der Waals surface area contributed by atoms with Crippen molar-refractivity contribution in [2.75, 3.05) is 0 Å². The van der Waals surface area contributed by atoms with Crippen molar-refractivity contribution >= 4 is 11.9 Å². The van der Waals surface area contributed by atoms with E-state index in [4.69, 9.17) is 0 Å². The molecule has 3 rings (SSSR count). The maximum atomic E-state index is 13.1. The van der Waals surface area contributed by atoms with Gasteiger partial charge in [0.1, 0.15) is 5.54 Å². The lowest BCUT2D eigenvalue weighted by atomic mass is 9.64. The van der Waals surface area contributed by atoms with E-state index < -0.39 is 5.54 Å². The van der Waals surface area contributed by atoms with Crippen LogP contribution >= 0.6 is 0 Å². The summed E-state index contributed by atoms with van der Waals surface area (Å²) in [6.45, 7) is 8.91. The number of carbonyl (C=O) groups is 2. The van der Waals surface area contributed by atoms with E-state index in [9.17, 15) is 9.59 Å². The Balaban J connectivity index is 1.87. The molecule has 4 nitrogen and oxygen atoms in total. The largest absolute Gasteiger partial charge is 0.325 e. The van der Waals surface area contributed by atoms with Crippen LogP contribution in [-0.4, -0.2) is 22.4 Å². The lowest BCUT2D eigenvalue weighted by Crippen LogP contribution is -2.54. The number of nitrogens with one attached hydrogen (secondary N) is 1. The third-order valence-electron chi connectivity index (χ3n) is 5.21. The van der Waals surface area contributed by atoms with Gasteiger partial charge in [-0.2, -0.15) is 0 Å². The Hall–Kier alpha value is -1.84. The van der Waals surface area contributed by atoms with Crippen LogP contribution in [-0.2, 0) is 11.3 Å². The molecule has 0 aromatic heterocycles. The van der Waals surface area contributed by atoms with Gasteiger partial charge in [0.2, 0.25) is 0 Å². The van der Waals surface area contributed by atoms with Gasteiger partial charge in [-0.1, -0.05) is 45.0 Å². The number of amides is 3. The minimum absolute atomic E-state index is 0.0506. The number of hydrogen-bond acceptors (Lipinski definition) is 2. The van der Waals surface area contributed by atoms with Gasteiger partial charge in [-0.15, -0.1) is 0 Å². The quantitative estimate of drug-likeness (QED) is 0.847. The molecule has 1 spiro atoms. The number of nitrogens with zero attached hydrogens (tertiary/aromatic N) is 1. The number of hydrogen-bond donors (Lipinski definition) is 1. The van der Waals surface area contributed by atoms with Gasteiger partial charge in [-0.3, -0.25) is 9.69 Å². The van der Waals surface area contributed by atoms with Gasteiger partial charge in [0.05, 0.1) is 6.54 Å². The molecule has 2 atom stereocenters. The van der Waals surface area contributed by atoms with Crippen molar-refractivity contribution in [1.29, 1.82) is 0 Å². The van der Waals surface area contributed by atoms with Gasteiger partial charge < -0.3 is 5.32 Å². The fourth-order valence-corrected chi connectivity index (χ4v) is 4.61. The van der Waals surface area contributed by atoms with E-state index in [-0.39, 0.29) is 17.4 Å². The SMILES string of the molecule is Cc1ccccc1CN1C(=O)N[C@]2(C[C@@H](C)CC(C)(C)C2)C1=O. The summed E-state index contributed by atoms with van der Waals surface area (Å²) in [6.07, 6.45) is 2.56. The summed E-state index contributed by atoms with van der Waals surface area (Å²) in [7, 11) is 0. The summed E-state index contributed by atoms with van der Waals surface area (Å²) >= 11 is 0. The Labute approximate surface area is 138 Å². The molecule has 1 N–H and O–H groups in total. The summed E-state index contributed by atoms with van der Waals surface area (Å²) in [6, 6.07) is 7.66. The Bertz CT molecular complexity index is 653. The van der Waals surface area contributed by atoms with Crippen LogP contribution in [0, 0.1) is 18.3 Å². The molecule has 1 aromatic rings. The number of benzene rings is 1. The molecule has 2 aliphatic rings. The van der Waals surface area contributed by atoms with Crippen molar-refractivity contribution in [2.24, 2.45) is 11.3 Å². The first-order chi connectivity index (χ1) is 10.7. The second-order valence-electron chi connectivity index (χ2n) is 8.18. The molecule has 1 saturated carbocycles. The van der Waals surface area contributed by atoms with Crippen molar-refractivity contribution in [3.05, 3.63) is 35.4 Å². The van der Waals surface area contributed by atoms with Crippen LogP contribution in [0.25, 0.3) is 0 Å². The number of rotatable bonds is 2. The predicted molar refractivity (Wildman–Crippen MR) is 89.8 cm³/mol. The fraction of sp³-hybridized carbons (Fsp3) is 0.579. The topological polar surface area (TPSA) is 49.4 Å². The summed E-state index contributed by atoms with van der Waals surface area (Å²) in [5, 5.41) is 3.03. The second-order valence-corrected chi connectivity index (χ2v) is 8.18. The van der Waals surface area contributed by atoms with Gasteiger partial charge in [0.15, 0.2) is 0 Å². The highest BCUT2D eigenvalue weighted by atomic mass is 16.2. The Morgan fingerprint density at radius 2 is 1.91 bits per heavy atom. The second kappa shape index (κ2) is 5.36. The maximum absolute atomic E-state index is 13.1. The van der Waals surface area contributed by atoms with Crippen molar-refractivity contribution in [3.8, 4) is 0 Å². The van der Waals surface area contributed by atoms with Crippen molar-refractivity contribution in [3.63, 3.8) is 0 Å². The Morgan fingerprint density at radius 3 is 2.57 bits per heavy atom. The zero-order valence-corrected chi connectivity index (χ0v) is 14.5. The highest BCUT2D eigenvalue weighted by Crippen LogP contribution is 2.46. The molecule has 1 aliphatic carbocycles. The molecule has 0 unspecified atom stereocenters. The van der Waals surface area contributed by atoms with Crippen LogP contribution < -0.4 is 5.32 Å². The van der Waals surface area contributed by atoms with Gasteiger partial charge in [0.25, 0.3) is 5.91 Å². The number of imide groups is 1. The van der Waals surface area contributed by atoms with E-state index in [2.05, 4.69) is 26.1 Å². The normalized spacial score (nSPS) is 29.9. The van der Waals surface area contributed by atoms with E-state index in [1.54, 1.807) is 0 Å². The third kappa shape index (κ3) is 2.87. The molecule has 1 heterocycles. The first-order valence-corrected chi connectivity index (χ1v) is 8.41. The molecular formula is C19H26N2O2. The fourth-order valence-electron chi connectivity index (χ4n) is 4.61. The highest BCUT2D eigenvalue weighted by Gasteiger charge is 2.55. The van der Waals surface area contributed by atoms with Crippen LogP contribution in [0.3, 0.4) is 0 Å². The van der Waals surface area contributed by atoms with Crippen LogP contribution in [0.1, 0.15) is 51.2 Å². The third-order valence-corrected chi connectivity index (χ3v) is 5.21. The predicted octanol–water partition coefficient (Wildman–Crippen LogP) is 3.63. The van der Waals surface area contributed by atoms with Gasteiger partial charge in [0, 0.05) is 0 Å². The van der Waals surface area contributed by atoms with Crippen LogP contribution in [0.4, 0.5) is 4.79 Å². The zero-order chi connectivity index (χ0) is 16.8. The molecule has 1 aliphatic heterocycles. The zero-order valence-electron chi connectivity index (χ0n) is 14.5. The van der Waals surface area contributed by atoms with E-state index in [1.807, 2.05) is 31.2 Å². The van der Waals surface area contributed by atoms with Crippen molar-refractivity contribution in [2.45, 2.75) is 59.0 Å². The molecule has 1 aromatic carbocycles. The lowest BCUT2D eigenvalue weighted by molar-refractivity contribution is -0.135. The number of urea groups is 1. The number of aryl methyl sites for hydroxylation is 1. The summed E-state index contributed by atoms with van der Waals surface area (Å²) < 4.78 is 0. The van der Waals surface area contributed by atoms with Crippen LogP contribution in [0.5, 0.6) is 0 Å². The summed E-state index contributed by atoms with van der Waals surface area (Å²) in [4.78, 5) is 27.0. The van der Waals surface area contributed by atoms with Gasteiger partial charge in [-0.25, -0.2) is 4.79 Å². The molecular weight excluding hydrogens is 288 g/mol. The van der Waals surface area contributed by atoms with Gasteiger partial charge in [-0.05, 0) is 48.6 Å². The molecule has 0 bridgehead atoms. The summed E-state index contributed by atoms with van der Waals surface area (Å²) in [5.41, 5.74) is 1.49. The molecule has 124 valence electrons. The molecule has 2 fully saturated rings. The van der Waals surface area contributed by atoms with Crippen molar-refractivity contribution in [1.82, 2.24) is 10.2 Å². The molecule has 4 heteroatoms. The molecule has 23 heavy (non-hydrogen) atoms. The average molecular weight is 314 g/mol. The van der Waals surface area contributed by atoms with Crippen molar-refractivity contribution < 1.29 is 9.59 Å². The molecule has 0 radical (unpaired) electrons.